The van der Waals surface area contributed by atoms with Crippen LogP contribution in [0.25, 0.3) is 0 Å². The number of benzene rings is 3. The molecule has 0 bridgehead atoms. The van der Waals surface area contributed by atoms with Gasteiger partial charge in [0.05, 0.1) is 12.8 Å². The minimum Gasteiger partial charge on any atom is -0.495 e. The van der Waals surface area contributed by atoms with Crippen LogP contribution in [0.5, 0.6) is 5.75 Å². The van der Waals surface area contributed by atoms with E-state index >= 15 is 0 Å². The van der Waals surface area contributed by atoms with E-state index in [1.165, 1.54) is 0 Å². The highest BCUT2D eigenvalue weighted by Gasteiger charge is 2.11. The first-order chi connectivity index (χ1) is 11.8. The number of carbonyl (C=O) groups is 1. The topological polar surface area (TPSA) is 50.4 Å². The molecule has 1 amide bonds. The van der Waals surface area contributed by atoms with Crippen LogP contribution in [0, 0.1) is 0 Å². The highest BCUT2D eigenvalue weighted by Crippen LogP contribution is 2.29. The zero-order valence-electron chi connectivity index (χ0n) is 13.3. The van der Waals surface area contributed by atoms with Gasteiger partial charge in [-0.15, -0.1) is 0 Å². The lowest BCUT2D eigenvalue weighted by Crippen LogP contribution is -2.12. The number of nitrogens with one attached hydrogen (secondary N) is 2. The number of anilines is 3. The molecule has 0 radical (unpaired) electrons. The number of carbonyl (C=O) groups excluding carboxylic acids is 1. The van der Waals surface area contributed by atoms with E-state index in [-0.39, 0.29) is 5.91 Å². The van der Waals surface area contributed by atoms with Crippen LogP contribution in [0.4, 0.5) is 17.1 Å². The van der Waals surface area contributed by atoms with Crippen LogP contribution in [0.3, 0.4) is 0 Å². The van der Waals surface area contributed by atoms with Crippen molar-refractivity contribution in [1.82, 2.24) is 0 Å². The zero-order valence-corrected chi connectivity index (χ0v) is 13.3. The summed E-state index contributed by atoms with van der Waals surface area (Å²) in [6.07, 6.45) is 0. The van der Waals surface area contributed by atoms with Gasteiger partial charge in [0.25, 0.3) is 5.91 Å². The number of amides is 1. The summed E-state index contributed by atoms with van der Waals surface area (Å²) < 4.78 is 5.42. The predicted octanol–water partition coefficient (Wildman–Crippen LogP) is 4.69. The van der Waals surface area contributed by atoms with Crippen molar-refractivity contribution in [2.45, 2.75) is 0 Å². The molecule has 0 spiro atoms. The Labute approximate surface area is 141 Å². The highest BCUT2D eigenvalue weighted by molar-refractivity contribution is 6.04. The molecular formula is C20H18N2O2. The molecule has 0 aliphatic carbocycles. The molecule has 0 saturated heterocycles. The van der Waals surface area contributed by atoms with E-state index in [1.807, 2.05) is 66.7 Å². The third kappa shape index (κ3) is 3.73. The summed E-state index contributed by atoms with van der Waals surface area (Å²) in [5.41, 5.74) is 3.06. The molecule has 120 valence electrons. The number of rotatable bonds is 5. The molecular weight excluding hydrogens is 300 g/mol. The van der Waals surface area contributed by atoms with Gasteiger partial charge in [-0.3, -0.25) is 4.79 Å². The summed E-state index contributed by atoms with van der Waals surface area (Å²) in [7, 11) is 1.59. The first-order valence-electron chi connectivity index (χ1n) is 7.63. The van der Waals surface area contributed by atoms with Crippen LogP contribution in [0.2, 0.25) is 0 Å². The van der Waals surface area contributed by atoms with E-state index < -0.39 is 0 Å². The Kier molecular flexibility index (Phi) is 4.77. The summed E-state index contributed by atoms with van der Waals surface area (Å²) in [6, 6.07) is 24.5. The van der Waals surface area contributed by atoms with E-state index in [0.29, 0.717) is 11.3 Å². The molecule has 3 rings (SSSR count). The van der Waals surface area contributed by atoms with Crippen LogP contribution in [0.1, 0.15) is 10.4 Å². The molecule has 0 aromatic heterocycles. The van der Waals surface area contributed by atoms with Crippen molar-refractivity contribution in [2.24, 2.45) is 0 Å². The Bertz CT molecular complexity index is 818. The molecule has 0 heterocycles. The minimum atomic E-state index is -0.175. The van der Waals surface area contributed by atoms with Crippen molar-refractivity contribution in [3.05, 3.63) is 84.4 Å². The largest absolute Gasteiger partial charge is 0.495 e. The molecule has 3 aromatic carbocycles. The predicted molar refractivity (Wildman–Crippen MR) is 97.1 cm³/mol. The monoisotopic (exact) mass is 318 g/mol. The van der Waals surface area contributed by atoms with Gasteiger partial charge in [-0.25, -0.2) is 0 Å². The molecule has 24 heavy (non-hydrogen) atoms. The van der Waals surface area contributed by atoms with Crippen molar-refractivity contribution in [2.75, 3.05) is 17.7 Å². The first-order valence-corrected chi connectivity index (χ1v) is 7.63. The van der Waals surface area contributed by atoms with Gasteiger partial charge in [0.15, 0.2) is 0 Å². The standard InChI is InChI=1S/C20H18N2O2/c1-24-19-14-15(20(23)22-17-10-6-3-7-11-17)12-13-18(19)21-16-8-4-2-5-9-16/h2-14,21H,1H3,(H,22,23). The summed E-state index contributed by atoms with van der Waals surface area (Å²) in [6.45, 7) is 0. The van der Waals surface area contributed by atoms with Gasteiger partial charge in [0.1, 0.15) is 5.75 Å². The average Bonchev–Trinajstić information content (AvgIpc) is 2.63. The van der Waals surface area contributed by atoms with Crippen molar-refractivity contribution in [1.29, 1.82) is 0 Å². The quantitative estimate of drug-likeness (QED) is 0.717. The molecule has 2 N–H and O–H groups in total. The SMILES string of the molecule is COc1cc(C(=O)Nc2ccccc2)ccc1Nc1ccccc1. The maximum absolute atomic E-state index is 12.4. The molecule has 0 fully saturated rings. The van der Waals surface area contributed by atoms with Gasteiger partial charge in [-0.2, -0.15) is 0 Å². The second-order valence-electron chi connectivity index (χ2n) is 5.23. The Morgan fingerprint density at radius 3 is 2.08 bits per heavy atom. The first kappa shape index (κ1) is 15.6. The van der Waals surface area contributed by atoms with Crippen LogP contribution in [-0.2, 0) is 0 Å². The second-order valence-corrected chi connectivity index (χ2v) is 5.23. The molecule has 0 atom stereocenters. The van der Waals surface area contributed by atoms with E-state index in [2.05, 4.69) is 10.6 Å². The molecule has 0 aliphatic rings. The van der Waals surface area contributed by atoms with E-state index in [9.17, 15) is 4.79 Å². The minimum absolute atomic E-state index is 0.175. The van der Waals surface area contributed by atoms with Gasteiger partial charge in [0, 0.05) is 16.9 Å². The van der Waals surface area contributed by atoms with Crippen LogP contribution in [-0.4, -0.2) is 13.0 Å². The normalized spacial score (nSPS) is 10.0. The van der Waals surface area contributed by atoms with Crippen molar-refractivity contribution >= 4 is 23.0 Å². The second kappa shape index (κ2) is 7.33. The van der Waals surface area contributed by atoms with Crippen LogP contribution >= 0.6 is 0 Å². The lowest BCUT2D eigenvalue weighted by atomic mass is 10.1. The van der Waals surface area contributed by atoms with Crippen molar-refractivity contribution in [3.63, 3.8) is 0 Å². The van der Waals surface area contributed by atoms with E-state index in [1.54, 1.807) is 19.2 Å². The fraction of sp³-hybridized carbons (Fsp3) is 0.0500. The average molecular weight is 318 g/mol. The lowest BCUT2D eigenvalue weighted by molar-refractivity contribution is 0.102. The van der Waals surface area contributed by atoms with E-state index in [0.717, 1.165) is 17.1 Å². The Balaban J connectivity index is 1.79. The summed E-state index contributed by atoms with van der Waals surface area (Å²) >= 11 is 0. The van der Waals surface area contributed by atoms with Gasteiger partial charge in [-0.05, 0) is 42.5 Å². The van der Waals surface area contributed by atoms with Gasteiger partial charge in [0.2, 0.25) is 0 Å². The van der Waals surface area contributed by atoms with Gasteiger partial charge in [-0.1, -0.05) is 36.4 Å². The Hall–Kier alpha value is -3.27. The van der Waals surface area contributed by atoms with Crippen LogP contribution in [0.15, 0.2) is 78.9 Å². The molecule has 3 aromatic rings. The van der Waals surface area contributed by atoms with E-state index in [4.69, 9.17) is 4.74 Å². The summed E-state index contributed by atoms with van der Waals surface area (Å²) in [4.78, 5) is 12.4. The molecule has 4 heteroatoms. The molecule has 0 aliphatic heterocycles. The molecule has 4 nitrogen and oxygen atoms in total. The third-order valence-corrected chi connectivity index (χ3v) is 3.55. The fourth-order valence-corrected chi connectivity index (χ4v) is 2.34. The number of hydrogen-bond acceptors (Lipinski definition) is 3. The zero-order chi connectivity index (χ0) is 16.8. The number of hydrogen-bond donors (Lipinski definition) is 2. The van der Waals surface area contributed by atoms with Crippen molar-refractivity contribution in [3.8, 4) is 5.75 Å². The Morgan fingerprint density at radius 1 is 0.833 bits per heavy atom. The lowest BCUT2D eigenvalue weighted by Gasteiger charge is -2.13. The summed E-state index contributed by atoms with van der Waals surface area (Å²) in [5, 5.41) is 6.15. The summed E-state index contributed by atoms with van der Waals surface area (Å²) in [5.74, 6) is 0.435. The molecule has 0 saturated carbocycles. The number of methoxy groups -OCH3 is 1. The fourth-order valence-electron chi connectivity index (χ4n) is 2.34. The number of para-hydroxylation sites is 2. The van der Waals surface area contributed by atoms with Crippen LogP contribution < -0.4 is 15.4 Å². The van der Waals surface area contributed by atoms with Gasteiger partial charge >= 0.3 is 0 Å². The maximum Gasteiger partial charge on any atom is 0.255 e. The smallest absolute Gasteiger partial charge is 0.255 e. The third-order valence-electron chi connectivity index (χ3n) is 3.55. The highest BCUT2D eigenvalue weighted by atomic mass is 16.5. The Morgan fingerprint density at radius 2 is 1.46 bits per heavy atom. The van der Waals surface area contributed by atoms with Gasteiger partial charge < -0.3 is 15.4 Å². The maximum atomic E-state index is 12.4. The number of ether oxygens (including phenoxy) is 1. The van der Waals surface area contributed by atoms with Crippen molar-refractivity contribution < 1.29 is 9.53 Å². The molecule has 0 unspecified atom stereocenters.